The van der Waals surface area contributed by atoms with Crippen molar-refractivity contribution in [3.05, 3.63) is 30.0 Å². The molecule has 1 aromatic heterocycles. The van der Waals surface area contributed by atoms with Gasteiger partial charge in [-0.3, -0.25) is 4.79 Å². The zero-order valence-corrected chi connectivity index (χ0v) is 10.4. The fraction of sp³-hybridized carbons (Fsp3) is 0.250. The molecule has 0 saturated carbocycles. The van der Waals surface area contributed by atoms with Crippen LogP contribution in [0.5, 0.6) is 5.75 Å². The van der Waals surface area contributed by atoms with Gasteiger partial charge < -0.3 is 15.8 Å². The van der Waals surface area contributed by atoms with Crippen LogP contribution in [0.2, 0.25) is 0 Å². The van der Waals surface area contributed by atoms with Crippen molar-refractivity contribution >= 4 is 17.4 Å². The number of nitrogens with one attached hydrogen (secondary N) is 1. The van der Waals surface area contributed by atoms with Crippen LogP contribution in [0.3, 0.4) is 0 Å². The van der Waals surface area contributed by atoms with E-state index in [1.807, 2.05) is 13.0 Å². The molecule has 7 heteroatoms. The van der Waals surface area contributed by atoms with Crippen molar-refractivity contribution in [1.82, 2.24) is 10.3 Å². The normalized spacial score (nSPS) is 10.2. The lowest BCUT2D eigenvalue weighted by atomic mass is 10.2. The molecule has 7 nitrogen and oxygen atoms in total. The molecule has 0 bridgehead atoms. The van der Waals surface area contributed by atoms with Crippen LogP contribution in [0.25, 0.3) is 0 Å². The summed E-state index contributed by atoms with van der Waals surface area (Å²) in [5.74, 6) is 0.0449. The van der Waals surface area contributed by atoms with E-state index in [4.69, 9.17) is 10.5 Å². The van der Waals surface area contributed by atoms with E-state index in [1.165, 1.54) is 0 Å². The first-order chi connectivity index (χ1) is 9.22. The van der Waals surface area contributed by atoms with Gasteiger partial charge in [-0.15, -0.1) is 0 Å². The number of benzene rings is 1. The first-order valence-electron chi connectivity index (χ1n) is 5.83. The number of para-hydroxylation sites is 2. The van der Waals surface area contributed by atoms with E-state index in [-0.39, 0.29) is 11.5 Å². The van der Waals surface area contributed by atoms with Crippen LogP contribution >= 0.6 is 0 Å². The second-order valence-electron chi connectivity index (χ2n) is 3.80. The minimum Gasteiger partial charge on any atom is -0.491 e. The highest BCUT2D eigenvalue weighted by atomic mass is 16.6. The highest BCUT2D eigenvalue weighted by Gasteiger charge is 2.17. The summed E-state index contributed by atoms with van der Waals surface area (Å²) in [4.78, 5) is 11.9. The van der Waals surface area contributed by atoms with Gasteiger partial charge in [0.1, 0.15) is 5.75 Å². The summed E-state index contributed by atoms with van der Waals surface area (Å²) in [7, 11) is 0. The predicted molar refractivity (Wildman–Crippen MR) is 68.9 cm³/mol. The molecule has 2 aromatic rings. The molecule has 19 heavy (non-hydrogen) atoms. The molecule has 1 heterocycles. The summed E-state index contributed by atoms with van der Waals surface area (Å²) in [6.45, 7) is 2.57. The van der Waals surface area contributed by atoms with Crippen molar-refractivity contribution in [1.29, 1.82) is 0 Å². The Morgan fingerprint density at radius 1 is 1.42 bits per heavy atom. The van der Waals surface area contributed by atoms with E-state index >= 15 is 0 Å². The molecule has 1 aromatic carbocycles. The highest BCUT2D eigenvalue weighted by molar-refractivity contribution is 6.06. The van der Waals surface area contributed by atoms with E-state index in [1.54, 1.807) is 18.2 Å². The molecule has 1 amide bonds. The summed E-state index contributed by atoms with van der Waals surface area (Å²) in [5.41, 5.74) is 5.95. The summed E-state index contributed by atoms with van der Waals surface area (Å²) in [6.07, 6.45) is 0.877. The van der Waals surface area contributed by atoms with Gasteiger partial charge in [0.15, 0.2) is 0 Å². The number of carbonyl (C=O) groups excluding carboxylic acids is 1. The minimum absolute atomic E-state index is 0.0507. The molecule has 3 N–H and O–H groups in total. The molecule has 0 radical (unpaired) electrons. The number of carbonyl (C=O) groups is 1. The van der Waals surface area contributed by atoms with Crippen molar-refractivity contribution in [3.8, 4) is 5.75 Å². The number of nitrogen functional groups attached to an aromatic ring is 1. The van der Waals surface area contributed by atoms with E-state index in [0.717, 1.165) is 6.42 Å². The Labute approximate surface area is 109 Å². The van der Waals surface area contributed by atoms with Crippen molar-refractivity contribution < 1.29 is 14.2 Å². The van der Waals surface area contributed by atoms with Crippen molar-refractivity contribution in [2.24, 2.45) is 0 Å². The van der Waals surface area contributed by atoms with E-state index < -0.39 is 5.91 Å². The van der Waals surface area contributed by atoms with Crippen LogP contribution in [-0.2, 0) is 0 Å². The number of ether oxygens (including phenoxy) is 1. The third kappa shape index (κ3) is 3.01. The number of aromatic nitrogens is 2. The molecule has 2 rings (SSSR count). The van der Waals surface area contributed by atoms with E-state index in [0.29, 0.717) is 18.0 Å². The average Bonchev–Trinajstić information content (AvgIpc) is 2.84. The van der Waals surface area contributed by atoms with Gasteiger partial charge in [-0.2, -0.15) is 0 Å². The summed E-state index contributed by atoms with van der Waals surface area (Å²) in [6, 6.07) is 7.12. The Kier molecular flexibility index (Phi) is 3.97. The SMILES string of the molecule is CCCOc1ccccc1NC(=O)c1nonc1N. The molecule has 0 aliphatic rings. The summed E-state index contributed by atoms with van der Waals surface area (Å²) < 4.78 is 9.91. The molecule has 0 aliphatic carbocycles. The average molecular weight is 262 g/mol. The third-order valence-corrected chi connectivity index (χ3v) is 2.33. The third-order valence-electron chi connectivity index (χ3n) is 2.33. The summed E-state index contributed by atoms with van der Waals surface area (Å²) >= 11 is 0. The second-order valence-corrected chi connectivity index (χ2v) is 3.80. The van der Waals surface area contributed by atoms with Gasteiger partial charge in [0.2, 0.25) is 11.5 Å². The van der Waals surface area contributed by atoms with Gasteiger partial charge in [-0.25, -0.2) is 4.63 Å². The molecule has 0 saturated heterocycles. The quantitative estimate of drug-likeness (QED) is 0.849. The lowest BCUT2D eigenvalue weighted by molar-refractivity contribution is 0.101. The Balaban J connectivity index is 2.15. The Hall–Kier alpha value is -2.57. The largest absolute Gasteiger partial charge is 0.491 e. The topological polar surface area (TPSA) is 103 Å². The highest BCUT2D eigenvalue weighted by Crippen LogP contribution is 2.24. The number of anilines is 2. The Morgan fingerprint density at radius 2 is 2.21 bits per heavy atom. The maximum Gasteiger partial charge on any atom is 0.281 e. The maximum absolute atomic E-state index is 11.9. The van der Waals surface area contributed by atoms with Gasteiger partial charge in [-0.05, 0) is 28.9 Å². The zero-order chi connectivity index (χ0) is 13.7. The van der Waals surface area contributed by atoms with Crippen LogP contribution < -0.4 is 15.8 Å². The first kappa shape index (κ1) is 12.9. The lowest BCUT2D eigenvalue weighted by Gasteiger charge is -2.10. The number of rotatable bonds is 5. The van der Waals surface area contributed by atoms with E-state index in [2.05, 4.69) is 20.3 Å². The molecular formula is C12H14N4O3. The van der Waals surface area contributed by atoms with Crippen LogP contribution in [0, 0.1) is 0 Å². The van der Waals surface area contributed by atoms with Gasteiger partial charge in [-0.1, -0.05) is 19.1 Å². The van der Waals surface area contributed by atoms with Crippen LogP contribution in [0.15, 0.2) is 28.9 Å². The zero-order valence-electron chi connectivity index (χ0n) is 10.4. The van der Waals surface area contributed by atoms with Crippen LogP contribution in [-0.4, -0.2) is 22.8 Å². The van der Waals surface area contributed by atoms with Gasteiger partial charge in [0.25, 0.3) is 5.91 Å². The monoisotopic (exact) mass is 262 g/mol. The number of amides is 1. The smallest absolute Gasteiger partial charge is 0.281 e. The van der Waals surface area contributed by atoms with Gasteiger partial charge in [0.05, 0.1) is 12.3 Å². The summed E-state index contributed by atoms with van der Waals surface area (Å²) in [5, 5.41) is 9.45. The fourth-order valence-corrected chi connectivity index (χ4v) is 1.44. The molecular weight excluding hydrogens is 248 g/mol. The van der Waals surface area contributed by atoms with Crippen molar-refractivity contribution in [3.63, 3.8) is 0 Å². The lowest BCUT2D eigenvalue weighted by Crippen LogP contribution is -2.15. The number of hydrogen-bond acceptors (Lipinski definition) is 6. The molecule has 0 unspecified atom stereocenters. The van der Waals surface area contributed by atoms with Crippen LogP contribution in [0.1, 0.15) is 23.8 Å². The fourth-order valence-electron chi connectivity index (χ4n) is 1.44. The van der Waals surface area contributed by atoms with E-state index in [9.17, 15) is 4.79 Å². The maximum atomic E-state index is 11.9. The Bertz CT molecular complexity index is 568. The number of nitrogens with zero attached hydrogens (tertiary/aromatic N) is 2. The standard InChI is InChI=1S/C12H14N4O3/c1-2-7-18-9-6-4-3-5-8(9)14-12(17)10-11(13)16-19-15-10/h3-6H,2,7H2,1H3,(H2,13,16)(H,14,17). The van der Waals surface area contributed by atoms with Crippen LogP contribution in [0.4, 0.5) is 11.5 Å². The molecule has 0 aliphatic heterocycles. The first-order valence-corrected chi connectivity index (χ1v) is 5.83. The van der Waals surface area contributed by atoms with Crippen molar-refractivity contribution in [2.75, 3.05) is 17.7 Å². The molecule has 0 spiro atoms. The number of hydrogen-bond donors (Lipinski definition) is 2. The predicted octanol–water partition coefficient (Wildman–Crippen LogP) is 1.69. The molecule has 0 fully saturated rings. The van der Waals surface area contributed by atoms with Crippen molar-refractivity contribution in [2.45, 2.75) is 13.3 Å². The number of nitrogens with two attached hydrogens (primary N) is 1. The molecule has 0 atom stereocenters. The van der Waals surface area contributed by atoms with Gasteiger partial charge in [0, 0.05) is 0 Å². The minimum atomic E-state index is -0.494. The molecule has 100 valence electrons. The van der Waals surface area contributed by atoms with Gasteiger partial charge >= 0.3 is 0 Å². The second kappa shape index (κ2) is 5.85. The Morgan fingerprint density at radius 3 is 2.89 bits per heavy atom.